The molecular weight excluding hydrogens is 244 g/mol. The van der Waals surface area contributed by atoms with E-state index in [0.29, 0.717) is 10.7 Å². The van der Waals surface area contributed by atoms with E-state index in [0.717, 1.165) is 0 Å². The predicted octanol–water partition coefficient (Wildman–Crippen LogP) is 1.45. The molecule has 17 heavy (non-hydrogen) atoms. The number of carboxylic acid groups (broad SMARTS) is 1. The number of nitrogens with zero attached hydrogens (tertiary/aromatic N) is 1. The van der Waals surface area contributed by atoms with Crippen LogP contribution in [0.1, 0.15) is 5.56 Å². The van der Waals surface area contributed by atoms with Gasteiger partial charge in [0.1, 0.15) is 0 Å². The molecule has 0 saturated carbocycles. The molecule has 1 heterocycles. The van der Waals surface area contributed by atoms with E-state index < -0.39 is 11.5 Å². The van der Waals surface area contributed by atoms with Crippen molar-refractivity contribution in [1.82, 2.24) is 9.78 Å². The molecule has 0 atom stereocenters. The number of hydrogen-bond acceptors (Lipinski definition) is 2. The quantitative estimate of drug-likeness (QED) is 0.868. The van der Waals surface area contributed by atoms with Crippen molar-refractivity contribution in [3.63, 3.8) is 0 Å². The lowest BCUT2D eigenvalue weighted by atomic mass is 10.2. The van der Waals surface area contributed by atoms with Gasteiger partial charge in [-0.15, -0.1) is 0 Å². The van der Waals surface area contributed by atoms with Crippen LogP contribution in [0.4, 0.5) is 0 Å². The van der Waals surface area contributed by atoms with Crippen molar-refractivity contribution >= 4 is 17.6 Å². The number of nitrogens with one attached hydrogen (secondary N) is 1. The topological polar surface area (TPSA) is 75.1 Å². The second-order valence-corrected chi connectivity index (χ2v) is 3.87. The minimum Gasteiger partial charge on any atom is -0.481 e. The maximum absolute atomic E-state index is 11.9. The first kappa shape index (κ1) is 11.5. The molecule has 0 bridgehead atoms. The third-order valence-electron chi connectivity index (χ3n) is 2.28. The average molecular weight is 253 g/mol. The van der Waals surface area contributed by atoms with Gasteiger partial charge in [0, 0.05) is 11.8 Å². The monoisotopic (exact) mass is 252 g/mol. The normalized spacial score (nSPS) is 10.4. The Balaban J connectivity index is 2.48. The fourth-order valence-electron chi connectivity index (χ4n) is 1.51. The van der Waals surface area contributed by atoms with Crippen LogP contribution in [-0.2, 0) is 11.2 Å². The number of carbonyl (C=O) groups is 1. The second kappa shape index (κ2) is 4.47. The minimum absolute atomic E-state index is 0.192. The van der Waals surface area contributed by atoms with Crippen molar-refractivity contribution in [3.05, 3.63) is 51.4 Å². The number of halogens is 1. The van der Waals surface area contributed by atoms with Crippen LogP contribution in [0, 0.1) is 0 Å². The molecule has 0 unspecified atom stereocenters. The molecule has 5 nitrogen and oxygen atoms in total. The van der Waals surface area contributed by atoms with Gasteiger partial charge in [0.15, 0.2) is 0 Å². The Hall–Kier alpha value is -2.01. The van der Waals surface area contributed by atoms with Gasteiger partial charge in [0.05, 0.1) is 17.1 Å². The molecule has 2 aromatic rings. The van der Waals surface area contributed by atoms with Crippen LogP contribution in [0.5, 0.6) is 0 Å². The van der Waals surface area contributed by atoms with Gasteiger partial charge in [0.2, 0.25) is 0 Å². The number of rotatable bonds is 3. The second-order valence-electron chi connectivity index (χ2n) is 3.46. The van der Waals surface area contributed by atoms with Crippen LogP contribution in [0.3, 0.4) is 0 Å². The van der Waals surface area contributed by atoms with E-state index in [1.165, 1.54) is 10.9 Å². The maximum atomic E-state index is 11.9. The zero-order valence-corrected chi connectivity index (χ0v) is 9.44. The van der Waals surface area contributed by atoms with Gasteiger partial charge in [-0.25, -0.2) is 4.68 Å². The third-order valence-corrected chi connectivity index (χ3v) is 2.60. The molecule has 0 radical (unpaired) electrons. The zero-order chi connectivity index (χ0) is 12.4. The molecule has 0 aliphatic rings. The average Bonchev–Trinajstić information content (AvgIpc) is 2.61. The molecule has 2 N–H and O–H groups in total. The SMILES string of the molecule is O=C(O)Cc1c[nH]n(-c2ccccc2Cl)c1=O. The Labute approximate surface area is 101 Å². The van der Waals surface area contributed by atoms with E-state index in [4.69, 9.17) is 16.7 Å². The molecule has 0 aliphatic carbocycles. The standard InChI is InChI=1S/C11H9ClN2O3/c12-8-3-1-2-4-9(8)14-11(17)7(6-13-14)5-10(15)16/h1-4,6,13H,5H2,(H,15,16). The molecule has 0 aliphatic heterocycles. The number of H-pyrrole nitrogens is 1. The van der Waals surface area contributed by atoms with Gasteiger partial charge in [-0.2, -0.15) is 0 Å². The first-order valence-electron chi connectivity index (χ1n) is 4.85. The van der Waals surface area contributed by atoms with Crippen LogP contribution in [0.15, 0.2) is 35.3 Å². The fraction of sp³-hybridized carbons (Fsp3) is 0.0909. The van der Waals surface area contributed by atoms with Gasteiger partial charge in [-0.1, -0.05) is 23.7 Å². The van der Waals surface area contributed by atoms with E-state index in [9.17, 15) is 9.59 Å². The molecule has 2 rings (SSSR count). The highest BCUT2D eigenvalue weighted by Crippen LogP contribution is 2.17. The maximum Gasteiger partial charge on any atom is 0.308 e. The van der Waals surface area contributed by atoms with E-state index in [-0.39, 0.29) is 12.0 Å². The largest absolute Gasteiger partial charge is 0.481 e. The summed E-state index contributed by atoms with van der Waals surface area (Å²) in [5.41, 5.74) is 0.286. The fourth-order valence-corrected chi connectivity index (χ4v) is 1.73. The number of aliphatic carboxylic acids is 1. The lowest BCUT2D eigenvalue weighted by Gasteiger charge is -2.02. The number of para-hydroxylation sites is 1. The lowest BCUT2D eigenvalue weighted by molar-refractivity contribution is -0.136. The Bertz CT molecular complexity index is 615. The van der Waals surface area contributed by atoms with E-state index in [1.807, 2.05) is 0 Å². The van der Waals surface area contributed by atoms with E-state index in [1.54, 1.807) is 24.3 Å². The van der Waals surface area contributed by atoms with Crippen molar-refractivity contribution in [3.8, 4) is 5.69 Å². The predicted molar refractivity (Wildman–Crippen MR) is 62.7 cm³/mol. The highest BCUT2D eigenvalue weighted by Gasteiger charge is 2.12. The van der Waals surface area contributed by atoms with Crippen molar-refractivity contribution in [2.45, 2.75) is 6.42 Å². The summed E-state index contributed by atoms with van der Waals surface area (Å²) in [5.74, 6) is -1.05. The summed E-state index contributed by atoms with van der Waals surface area (Å²) in [6.45, 7) is 0. The molecule has 1 aromatic carbocycles. The summed E-state index contributed by atoms with van der Waals surface area (Å²) in [5, 5.41) is 11.7. The Morgan fingerprint density at radius 3 is 2.76 bits per heavy atom. The van der Waals surface area contributed by atoms with Crippen LogP contribution in [-0.4, -0.2) is 20.9 Å². The summed E-state index contributed by atoms with van der Waals surface area (Å²) >= 11 is 5.95. The lowest BCUT2D eigenvalue weighted by Crippen LogP contribution is -2.19. The van der Waals surface area contributed by atoms with Crippen molar-refractivity contribution < 1.29 is 9.90 Å². The third kappa shape index (κ3) is 2.24. The van der Waals surface area contributed by atoms with Crippen LogP contribution < -0.4 is 5.56 Å². The number of aromatic nitrogens is 2. The summed E-state index contributed by atoms with van der Waals surface area (Å²) in [6, 6.07) is 6.81. The molecule has 6 heteroatoms. The summed E-state index contributed by atoms with van der Waals surface area (Å²) in [6.07, 6.45) is 1.06. The van der Waals surface area contributed by atoms with Gasteiger partial charge >= 0.3 is 5.97 Å². The Kier molecular flexibility index (Phi) is 3.01. The molecule has 1 aromatic heterocycles. The van der Waals surface area contributed by atoms with Crippen molar-refractivity contribution in [1.29, 1.82) is 0 Å². The first-order chi connectivity index (χ1) is 8.09. The number of carboxylic acids is 1. The van der Waals surface area contributed by atoms with Gasteiger partial charge < -0.3 is 5.11 Å². The van der Waals surface area contributed by atoms with Gasteiger partial charge in [-0.3, -0.25) is 14.7 Å². The number of hydrogen-bond donors (Lipinski definition) is 2. The van der Waals surface area contributed by atoms with Crippen LogP contribution >= 0.6 is 11.6 Å². The molecule has 88 valence electrons. The molecule has 0 saturated heterocycles. The highest BCUT2D eigenvalue weighted by molar-refractivity contribution is 6.32. The molecular formula is C11H9ClN2O3. The van der Waals surface area contributed by atoms with E-state index in [2.05, 4.69) is 5.10 Å². The van der Waals surface area contributed by atoms with E-state index >= 15 is 0 Å². The highest BCUT2D eigenvalue weighted by atomic mass is 35.5. The minimum atomic E-state index is -1.05. The van der Waals surface area contributed by atoms with Crippen LogP contribution in [0.25, 0.3) is 5.69 Å². The van der Waals surface area contributed by atoms with Crippen molar-refractivity contribution in [2.24, 2.45) is 0 Å². The Morgan fingerprint density at radius 1 is 1.41 bits per heavy atom. The summed E-state index contributed by atoms with van der Waals surface area (Å²) in [4.78, 5) is 22.4. The smallest absolute Gasteiger partial charge is 0.308 e. The molecule has 0 fully saturated rings. The summed E-state index contributed by atoms with van der Waals surface area (Å²) in [7, 11) is 0. The molecule has 0 spiro atoms. The van der Waals surface area contributed by atoms with Crippen LogP contribution in [0.2, 0.25) is 5.02 Å². The van der Waals surface area contributed by atoms with Crippen molar-refractivity contribution in [2.75, 3.05) is 0 Å². The zero-order valence-electron chi connectivity index (χ0n) is 8.68. The molecule has 0 amide bonds. The number of benzene rings is 1. The van der Waals surface area contributed by atoms with Gasteiger partial charge in [0.25, 0.3) is 5.56 Å². The Morgan fingerprint density at radius 2 is 2.12 bits per heavy atom. The number of aromatic amines is 1. The summed E-state index contributed by atoms with van der Waals surface area (Å²) < 4.78 is 1.22. The van der Waals surface area contributed by atoms with Gasteiger partial charge in [-0.05, 0) is 12.1 Å². The first-order valence-corrected chi connectivity index (χ1v) is 5.23.